The van der Waals surface area contributed by atoms with Gasteiger partial charge >= 0.3 is 11.8 Å². The van der Waals surface area contributed by atoms with Gasteiger partial charge in [-0.2, -0.15) is 0 Å². The average molecular weight is 362 g/mol. The minimum atomic E-state index is -0.399. The van der Waals surface area contributed by atoms with Gasteiger partial charge in [0, 0.05) is 37.4 Å². The van der Waals surface area contributed by atoms with E-state index in [1.165, 1.54) is 4.57 Å². The van der Waals surface area contributed by atoms with Crippen LogP contribution in [-0.2, 0) is 6.54 Å². The fourth-order valence-corrected chi connectivity index (χ4v) is 3.49. The molecular formula is C18H26N4O4. The molecular weight excluding hydrogens is 336 g/mol. The van der Waals surface area contributed by atoms with Crippen LogP contribution in [0.15, 0.2) is 27.4 Å². The maximum absolute atomic E-state index is 12.1. The number of aliphatic hydroxyl groups is 1. The molecule has 2 amide bonds. The van der Waals surface area contributed by atoms with Gasteiger partial charge in [0.2, 0.25) is 0 Å². The lowest BCUT2D eigenvalue weighted by atomic mass is 10.0. The Kier molecular flexibility index (Phi) is 5.95. The van der Waals surface area contributed by atoms with Crippen molar-refractivity contribution in [2.24, 2.45) is 0 Å². The first kappa shape index (κ1) is 18.5. The van der Waals surface area contributed by atoms with E-state index in [4.69, 9.17) is 4.42 Å². The minimum absolute atomic E-state index is 0.162. The third kappa shape index (κ3) is 4.08. The average Bonchev–Trinajstić information content (AvgIpc) is 2.96. The highest BCUT2D eigenvalue weighted by atomic mass is 16.4. The topological polar surface area (TPSA) is 99.7 Å². The van der Waals surface area contributed by atoms with Gasteiger partial charge in [0.05, 0.1) is 12.1 Å². The number of urea groups is 1. The van der Waals surface area contributed by atoms with E-state index in [9.17, 15) is 14.7 Å². The van der Waals surface area contributed by atoms with Gasteiger partial charge in [-0.3, -0.25) is 9.47 Å². The molecule has 1 atom stereocenters. The summed E-state index contributed by atoms with van der Waals surface area (Å²) in [5.41, 5.74) is 1.73. The molecule has 8 heteroatoms. The van der Waals surface area contributed by atoms with Crippen molar-refractivity contribution < 1.29 is 14.3 Å². The van der Waals surface area contributed by atoms with Crippen LogP contribution in [0.1, 0.15) is 26.2 Å². The molecule has 0 radical (unpaired) electrons. The summed E-state index contributed by atoms with van der Waals surface area (Å²) < 4.78 is 6.74. The van der Waals surface area contributed by atoms with Crippen LogP contribution in [0.3, 0.4) is 0 Å². The van der Waals surface area contributed by atoms with Gasteiger partial charge in [-0.15, -0.1) is 0 Å². The number of carbonyl (C=O) groups excluding carboxylic acids is 1. The number of piperidine rings is 1. The van der Waals surface area contributed by atoms with E-state index < -0.39 is 5.76 Å². The number of hydrogen-bond acceptors (Lipinski definition) is 5. The van der Waals surface area contributed by atoms with Gasteiger partial charge < -0.3 is 20.2 Å². The van der Waals surface area contributed by atoms with E-state index in [2.05, 4.69) is 15.5 Å². The SMILES string of the molecule is CCn1c(=O)oc2cc(NC(=O)NCCN3CCCCC3CO)ccc21. The molecule has 0 spiro atoms. The van der Waals surface area contributed by atoms with Gasteiger partial charge in [-0.05, 0) is 38.4 Å². The second-order valence-electron chi connectivity index (χ2n) is 6.54. The third-order valence-corrected chi connectivity index (χ3v) is 4.89. The normalized spacial score (nSPS) is 18.2. The molecule has 0 saturated carbocycles. The lowest BCUT2D eigenvalue weighted by Gasteiger charge is -2.34. The number of aliphatic hydroxyl groups excluding tert-OH is 1. The van der Waals surface area contributed by atoms with E-state index in [1.54, 1.807) is 18.2 Å². The van der Waals surface area contributed by atoms with Crippen LogP contribution in [-0.4, -0.2) is 52.9 Å². The lowest BCUT2D eigenvalue weighted by Crippen LogP contribution is -2.46. The summed E-state index contributed by atoms with van der Waals surface area (Å²) in [4.78, 5) is 26.0. The molecule has 8 nitrogen and oxygen atoms in total. The Morgan fingerprint density at radius 3 is 3.00 bits per heavy atom. The third-order valence-electron chi connectivity index (χ3n) is 4.89. The number of nitrogens with one attached hydrogen (secondary N) is 2. The van der Waals surface area contributed by atoms with Crippen molar-refractivity contribution in [1.82, 2.24) is 14.8 Å². The molecule has 1 saturated heterocycles. The Balaban J connectivity index is 1.53. The van der Waals surface area contributed by atoms with Gasteiger partial charge in [0.1, 0.15) is 0 Å². The first-order valence-electron chi connectivity index (χ1n) is 9.15. The number of rotatable bonds is 6. The monoisotopic (exact) mass is 362 g/mol. The van der Waals surface area contributed by atoms with Crippen molar-refractivity contribution in [3.05, 3.63) is 28.7 Å². The van der Waals surface area contributed by atoms with Crippen molar-refractivity contribution in [2.75, 3.05) is 31.6 Å². The molecule has 1 fully saturated rings. The summed E-state index contributed by atoms with van der Waals surface area (Å²) in [5, 5.41) is 15.0. The first-order chi connectivity index (χ1) is 12.6. The molecule has 1 unspecified atom stereocenters. The first-order valence-corrected chi connectivity index (χ1v) is 9.15. The Morgan fingerprint density at radius 2 is 2.23 bits per heavy atom. The zero-order valence-corrected chi connectivity index (χ0v) is 15.0. The Labute approximate surface area is 151 Å². The van der Waals surface area contributed by atoms with Crippen molar-refractivity contribution in [2.45, 2.75) is 38.8 Å². The van der Waals surface area contributed by atoms with E-state index in [0.717, 1.165) is 25.8 Å². The number of carbonyl (C=O) groups is 1. The second kappa shape index (κ2) is 8.37. The maximum atomic E-state index is 12.1. The molecule has 1 aromatic heterocycles. The maximum Gasteiger partial charge on any atom is 0.419 e. The van der Waals surface area contributed by atoms with Crippen molar-refractivity contribution >= 4 is 22.8 Å². The van der Waals surface area contributed by atoms with Crippen LogP contribution in [0.25, 0.3) is 11.1 Å². The number of amides is 2. The van der Waals surface area contributed by atoms with E-state index in [-0.39, 0.29) is 18.7 Å². The molecule has 1 aliphatic heterocycles. The molecule has 2 heterocycles. The van der Waals surface area contributed by atoms with Gasteiger partial charge in [0.25, 0.3) is 0 Å². The summed E-state index contributed by atoms with van der Waals surface area (Å²) in [6.45, 7) is 4.75. The van der Waals surface area contributed by atoms with Crippen molar-refractivity contribution in [3.8, 4) is 0 Å². The van der Waals surface area contributed by atoms with Gasteiger partial charge in [0.15, 0.2) is 5.58 Å². The molecule has 3 N–H and O–H groups in total. The summed E-state index contributed by atoms with van der Waals surface area (Å²) in [6.07, 6.45) is 3.28. The van der Waals surface area contributed by atoms with Crippen LogP contribution in [0.2, 0.25) is 0 Å². The minimum Gasteiger partial charge on any atom is -0.408 e. The zero-order valence-electron chi connectivity index (χ0n) is 15.0. The van der Waals surface area contributed by atoms with Crippen LogP contribution in [0.5, 0.6) is 0 Å². The van der Waals surface area contributed by atoms with E-state index in [0.29, 0.717) is 36.4 Å². The zero-order chi connectivity index (χ0) is 18.5. The molecule has 1 aromatic carbocycles. The molecule has 0 aliphatic carbocycles. The van der Waals surface area contributed by atoms with Crippen LogP contribution >= 0.6 is 0 Å². The summed E-state index contributed by atoms with van der Waals surface area (Å²) in [7, 11) is 0. The number of aromatic nitrogens is 1. The predicted octanol–water partition coefficient (Wildman–Crippen LogP) is 1.58. The smallest absolute Gasteiger partial charge is 0.408 e. The van der Waals surface area contributed by atoms with Crippen LogP contribution < -0.4 is 16.4 Å². The number of aryl methyl sites for hydroxylation is 1. The number of benzene rings is 1. The Hall–Kier alpha value is -2.32. The fraction of sp³-hybridized carbons (Fsp3) is 0.556. The molecule has 26 heavy (non-hydrogen) atoms. The number of fused-ring (bicyclic) bond motifs is 1. The molecule has 0 bridgehead atoms. The van der Waals surface area contributed by atoms with Gasteiger partial charge in [-0.25, -0.2) is 9.59 Å². The Bertz CT molecular complexity index is 813. The largest absolute Gasteiger partial charge is 0.419 e. The molecule has 2 aromatic rings. The summed E-state index contributed by atoms with van der Waals surface area (Å²) in [6, 6.07) is 5.05. The summed E-state index contributed by atoms with van der Waals surface area (Å²) in [5.74, 6) is -0.399. The van der Waals surface area contributed by atoms with E-state index >= 15 is 0 Å². The highest BCUT2D eigenvalue weighted by Gasteiger charge is 2.21. The number of oxazole rings is 1. The van der Waals surface area contributed by atoms with Crippen LogP contribution in [0, 0.1) is 0 Å². The van der Waals surface area contributed by atoms with Gasteiger partial charge in [-0.1, -0.05) is 6.42 Å². The predicted molar refractivity (Wildman–Crippen MR) is 99.5 cm³/mol. The van der Waals surface area contributed by atoms with E-state index in [1.807, 2.05) is 6.92 Å². The number of likely N-dealkylation sites (tertiary alicyclic amines) is 1. The Morgan fingerprint density at radius 1 is 1.38 bits per heavy atom. The fourth-order valence-electron chi connectivity index (χ4n) is 3.49. The van der Waals surface area contributed by atoms with Crippen LogP contribution in [0.4, 0.5) is 10.5 Å². The highest BCUT2D eigenvalue weighted by Crippen LogP contribution is 2.18. The van der Waals surface area contributed by atoms with Crippen molar-refractivity contribution in [1.29, 1.82) is 0 Å². The second-order valence-corrected chi connectivity index (χ2v) is 6.54. The number of nitrogens with zero attached hydrogens (tertiary/aromatic N) is 2. The molecule has 1 aliphatic rings. The number of hydrogen-bond donors (Lipinski definition) is 3. The number of anilines is 1. The molecule has 142 valence electrons. The quantitative estimate of drug-likeness (QED) is 0.725. The standard InChI is InChI=1S/C18H26N4O4/c1-2-22-15-7-6-13(11-16(15)26-18(22)25)20-17(24)19-8-10-21-9-4-3-5-14(21)12-23/h6-7,11,14,23H,2-5,8-10,12H2,1H3,(H2,19,20,24). The highest BCUT2D eigenvalue weighted by molar-refractivity contribution is 5.91. The molecule has 3 rings (SSSR count). The summed E-state index contributed by atoms with van der Waals surface area (Å²) >= 11 is 0. The van der Waals surface area contributed by atoms with Crippen molar-refractivity contribution in [3.63, 3.8) is 0 Å². The lowest BCUT2D eigenvalue weighted by molar-refractivity contribution is 0.0917.